The quantitative estimate of drug-likeness (QED) is 0.397. The number of nitrogens with zero attached hydrogens (tertiary/aromatic N) is 1. The number of hydrazone groups is 1. The molecule has 158 valence electrons. The minimum Gasteiger partial charge on any atom is -0.352 e. The van der Waals surface area contributed by atoms with Crippen molar-refractivity contribution in [2.24, 2.45) is 5.10 Å². The maximum atomic E-state index is 12.2. The summed E-state index contributed by atoms with van der Waals surface area (Å²) in [4.78, 5) is 24.2. The van der Waals surface area contributed by atoms with E-state index in [4.69, 9.17) is 11.6 Å². The van der Waals surface area contributed by atoms with E-state index in [0.29, 0.717) is 17.3 Å². The maximum Gasteiger partial charge on any atom is 0.244 e. The van der Waals surface area contributed by atoms with Crippen LogP contribution in [0.1, 0.15) is 24.5 Å². The molecule has 0 atom stereocenters. The first-order valence-corrected chi connectivity index (χ1v) is 10.3. The number of carbonyl (C=O) groups is 2. The molecule has 0 aliphatic heterocycles. The lowest BCUT2D eigenvalue weighted by Crippen LogP contribution is -2.26. The zero-order valence-corrected chi connectivity index (χ0v) is 18.0. The molecule has 0 aliphatic carbocycles. The first kappa shape index (κ1) is 22.2. The number of halogens is 1. The molecule has 0 saturated heterocycles. The maximum absolute atomic E-state index is 12.2. The number of hydrogen-bond donors (Lipinski definition) is 2. The van der Waals surface area contributed by atoms with E-state index in [0.717, 1.165) is 22.3 Å². The highest BCUT2D eigenvalue weighted by molar-refractivity contribution is 6.30. The summed E-state index contributed by atoms with van der Waals surface area (Å²) in [5.74, 6) is -0.393. The Bertz CT molecular complexity index is 1050. The van der Waals surface area contributed by atoms with Crippen molar-refractivity contribution in [2.45, 2.75) is 26.3 Å². The van der Waals surface area contributed by atoms with Gasteiger partial charge in [-0.05, 0) is 41.3 Å². The monoisotopic (exact) mass is 433 g/mol. The molecule has 0 bridgehead atoms. The zero-order chi connectivity index (χ0) is 22.1. The predicted molar refractivity (Wildman–Crippen MR) is 125 cm³/mol. The molecule has 0 aromatic heterocycles. The fourth-order valence-corrected chi connectivity index (χ4v) is 3.09. The Morgan fingerprint density at radius 1 is 0.806 bits per heavy atom. The van der Waals surface area contributed by atoms with Crippen LogP contribution in [0.15, 0.2) is 84.0 Å². The predicted octanol–water partition coefficient (Wildman–Crippen LogP) is 4.75. The molecule has 6 heteroatoms. The van der Waals surface area contributed by atoms with Crippen LogP contribution in [0.25, 0.3) is 11.1 Å². The van der Waals surface area contributed by atoms with Crippen LogP contribution in [0, 0.1) is 0 Å². The average Bonchev–Trinajstić information content (AvgIpc) is 2.78. The number of carbonyl (C=O) groups excluding carboxylic acids is 2. The number of rotatable bonds is 8. The second-order valence-electron chi connectivity index (χ2n) is 7.20. The summed E-state index contributed by atoms with van der Waals surface area (Å²) in [6.07, 6.45) is 0.328. The summed E-state index contributed by atoms with van der Waals surface area (Å²) in [6, 6.07) is 25.2. The summed E-state index contributed by atoms with van der Waals surface area (Å²) in [7, 11) is 0. The second-order valence-corrected chi connectivity index (χ2v) is 7.64. The highest BCUT2D eigenvalue weighted by Crippen LogP contribution is 2.19. The molecule has 0 spiro atoms. The molecule has 0 fully saturated rings. The first-order chi connectivity index (χ1) is 15.0. The second kappa shape index (κ2) is 11.1. The Balaban J connectivity index is 1.43. The summed E-state index contributed by atoms with van der Waals surface area (Å²) < 4.78 is 0. The lowest BCUT2D eigenvalue weighted by atomic mass is 10.0. The van der Waals surface area contributed by atoms with E-state index in [2.05, 4.69) is 15.8 Å². The first-order valence-electron chi connectivity index (χ1n) is 9.97. The molecule has 3 aromatic rings. The SMILES string of the molecule is CC(CC(=O)NCc1ccc(Cl)cc1)=NNC(=O)Cc1ccc(-c2ccccc2)cc1. The minimum atomic E-state index is -0.228. The topological polar surface area (TPSA) is 70.6 Å². The summed E-state index contributed by atoms with van der Waals surface area (Å²) in [5.41, 5.74) is 7.13. The fourth-order valence-electron chi connectivity index (χ4n) is 2.97. The molecule has 5 nitrogen and oxygen atoms in total. The Labute approximate surface area is 187 Å². The molecule has 0 radical (unpaired) electrons. The Kier molecular flexibility index (Phi) is 7.96. The molecule has 3 rings (SSSR count). The third-order valence-corrected chi connectivity index (χ3v) is 4.87. The number of nitrogens with one attached hydrogen (secondary N) is 2. The fraction of sp³-hybridized carbons (Fsp3) is 0.160. The van der Waals surface area contributed by atoms with Crippen molar-refractivity contribution in [3.63, 3.8) is 0 Å². The normalized spacial score (nSPS) is 11.1. The van der Waals surface area contributed by atoms with Gasteiger partial charge in [0.2, 0.25) is 11.8 Å². The van der Waals surface area contributed by atoms with Gasteiger partial charge in [-0.15, -0.1) is 0 Å². The Hall–Kier alpha value is -3.44. The van der Waals surface area contributed by atoms with E-state index in [1.165, 1.54) is 0 Å². The molecule has 0 unspecified atom stereocenters. The van der Waals surface area contributed by atoms with Crippen molar-refractivity contribution in [1.82, 2.24) is 10.7 Å². The van der Waals surface area contributed by atoms with Gasteiger partial charge in [-0.2, -0.15) is 5.10 Å². The number of hydrogen-bond acceptors (Lipinski definition) is 3. The van der Waals surface area contributed by atoms with E-state index in [-0.39, 0.29) is 24.7 Å². The molecule has 0 heterocycles. The highest BCUT2D eigenvalue weighted by Gasteiger charge is 2.06. The van der Waals surface area contributed by atoms with E-state index >= 15 is 0 Å². The summed E-state index contributed by atoms with van der Waals surface area (Å²) in [5, 5.41) is 7.50. The van der Waals surface area contributed by atoms with Gasteiger partial charge in [0.05, 0.1) is 12.8 Å². The van der Waals surface area contributed by atoms with Crippen LogP contribution in [0.5, 0.6) is 0 Å². The zero-order valence-electron chi connectivity index (χ0n) is 17.3. The van der Waals surface area contributed by atoms with Gasteiger partial charge in [0.15, 0.2) is 0 Å². The van der Waals surface area contributed by atoms with Gasteiger partial charge in [-0.25, -0.2) is 5.43 Å². The molecular weight excluding hydrogens is 410 g/mol. The standard InChI is InChI=1S/C25H24ClN3O2/c1-18(15-24(30)27-17-20-9-13-23(26)14-10-20)28-29-25(31)16-19-7-11-22(12-8-19)21-5-3-2-4-6-21/h2-14H,15-17H2,1H3,(H,27,30)(H,29,31). The van der Waals surface area contributed by atoms with E-state index in [9.17, 15) is 9.59 Å². The van der Waals surface area contributed by atoms with Crippen LogP contribution in [-0.2, 0) is 22.6 Å². The highest BCUT2D eigenvalue weighted by atomic mass is 35.5. The summed E-state index contributed by atoms with van der Waals surface area (Å²) in [6.45, 7) is 2.12. The Morgan fingerprint density at radius 2 is 1.42 bits per heavy atom. The van der Waals surface area contributed by atoms with Crippen molar-refractivity contribution in [3.8, 4) is 11.1 Å². The van der Waals surface area contributed by atoms with Crippen molar-refractivity contribution in [3.05, 3.63) is 95.0 Å². The third kappa shape index (κ3) is 7.39. The van der Waals surface area contributed by atoms with Gasteiger partial charge >= 0.3 is 0 Å². The van der Waals surface area contributed by atoms with E-state index < -0.39 is 0 Å². The molecule has 2 amide bonds. The van der Waals surface area contributed by atoms with Crippen molar-refractivity contribution in [2.75, 3.05) is 0 Å². The van der Waals surface area contributed by atoms with Crippen molar-refractivity contribution in [1.29, 1.82) is 0 Å². The summed E-state index contributed by atoms with van der Waals surface area (Å²) >= 11 is 5.85. The van der Waals surface area contributed by atoms with E-state index in [1.54, 1.807) is 19.1 Å². The lowest BCUT2D eigenvalue weighted by Gasteiger charge is -2.06. The molecule has 31 heavy (non-hydrogen) atoms. The van der Waals surface area contributed by atoms with Crippen LogP contribution in [0.4, 0.5) is 0 Å². The molecule has 0 aliphatic rings. The van der Waals surface area contributed by atoms with Gasteiger partial charge in [0.25, 0.3) is 0 Å². The van der Waals surface area contributed by atoms with Crippen LogP contribution in [-0.4, -0.2) is 17.5 Å². The van der Waals surface area contributed by atoms with Crippen LogP contribution >= 0.6 is 11.6 Å². The van der Waals surface area contributed by atoms with Crippen LogP contribution in [0.2, 0.25) is 5.02 Å². The van der Waals surface area contributed by atoms with Crippen molar-refractivity contribution >= 4 is 29.1 Å². The molecule has 0 saturated carbocycles. The molecule has 3 aromatic carbocycles. The smallest absolute Gasteiger partial charge is 0.244 e. The van der Waals surface area contributed by atoms with Crippen molar-refractivity contribution < 1.29 is 9.59 Å². The Morgan fingerprint density at radius 3 is 2.10 bits per heavy atom. The molecular formula is C25H24ClN3O2. The average molecular weight is 434 g/mol. The van der Waals surface area contributed by atoms with Gasteiger partial charge in [0, 0.05) is 17.3 Å². The lowest BCUT2D eigenvalue weighted by molar-refractivity contribution is -0.121. The number of benzene rings is 3. The van der Waals surface area contributed by atoms with Gasteiger partial charge in [-0.3, -0.25) is 9.59 Å². The third-order valence-electron chi connectivity index (χ3n) is 4.62. The van der Waals surface area contributed by atoms with Gasteiger partial charge in [0.1, 0.15) is 0 Å². The van der Waals surface area contributed by atoms with Gasteiger partial charge < -0.3 is 5.32 Å². The number of amides is 2. The van der Waals surface area contributed by atoms with Gasteiger partial charge in [-0.1, -0.05) is 78.3 Å². The largest absolute Gasteiger partial charge is 0.352 e. The van der Waals surface area contributed by atoms with E-state index in [1.807, 2.05) is 66.7 Å². The van der Waals surface area contributed by atoms with Crippen LogP contribution in [0.3, 0.4) is 0 Å². The molecule has 2 N–H and O–H groups in total. The van der Waals surface area contributed by atoms with Crippen LogP contribution < -0.4 is 10.7 Å². The minimum absolute atomic E-state index is 0.111.